The quantitative estimate of drug-likeness (QED) is 0.810. The molecule has 0 saturated heterocycles. The summed E-state index contributed by atoms with van der Waals surface area (Å²) in [6, 6.07) is 6.40. The summed E-state index contributed by atoms with van der Waals surface area (Å²) in [6.45, 7) is -0.0533. The average Bonchev–Trinajstić information content (AvgIpc) is 2.88. The molecule has 1 unspecified atom stereocenters. The maximum absolute atomic E-state index is 12.2. The van der Waals surface area contributed by atoms with E-state index in [0.29, 0.717) is 6.04 Å². The second-order valence-corrected chi connectivity index (χ2v) is 6.14. The zero-order chi connectivity index (χ0) is 14.6. The lowest BCUT2D eigenvalue weighted by Crippen LogP contribution is -2.32. The number of rotatable bonds is 5. The highest BCUT2D eigenvalue weighted by Gasteiger charge is 2.29. The topological polar surface area (TPSA) is 32.3 Å². The molecule has 1 atom stereocenters. The SMILES string of the molecule is OCC(NC1CCCC1)c1ccc(SC(F)(F)F)cc1. The fourth-order valence-electron chi connectivity index (χ4n) is 2.53. The summed E-state index contributed by atoms with van der Waals surface area (Å²) < 4.78 is 36.7. The summed E-state index contributed by atoms with van der Waals surface area (Å²) in [7, 11) is 0. The highest BCUT2D eigenvalue weighted by atomic mass is 32.2. The molecule has 0 bridgehead atoms. The van der Waals surface area contributed by atoms with Crippen molar-refractivity contribution in [3.8, 4) is 0 Å². The number of aliphatic hydroxyl groups excluding tert-OH is 1. The summed E-state index contributed by atoms with van der Waals surface area (Å²) in [4.78, 5) is 0.166. The van der Waals surface area contributed by atoms with Crippen LogP contribution >= 0.6 is 11.8 Å². The number of halogens is 3. The molecular formula is C14H18F3NOS. The summed E-state index contributed by atoms with van der Waals surface area (Å²) in [5.74, 6) is 0. The van der Waals surface area contributed by atoms with Gasteiger partial charge in [-0.15, -0.1) is 0 Å². The van der Waals surface area contributed by atoms with Crippen LogP contribution in [0.1, 0.15) is 37.3 Å². The van der Waals surface area contributed by atoms with E-state index in [1.807, 2.05) is 0 Å². The molecule has 0 aliphatic heterocycles. The van der Waals surface area contributed by atoms with Crippen molar-refractivity contribution < 1.29 is 18.3 Å². The van der Waals surface area contributed by atoms with Crippen LogP contribution in [0.25, 0.3) is 0 Å². The predicted molar refractivity (Wildman–Crippen MR) is 73.6 cm³/mol. The van der Waals surface area contributed by atoms with Gasteiger partial charge in [0.15, 0.2) is 0 Å². The molecule has 1 aromatic carbocycles. The first-order valence-electron chi connectivity index (χ1n) is 6.70. The molecule has 6 heteroatoms. The van der Waals surface area contributed by atoms with Crippen molar-refractivity contribution in [3.05, 3.63) is 29.8 Å². The highest BCUT2D eigenvalue weighted by molar-refractivity contribution is 8.00. The summed E-state index contributed by atoms with van der Waals surface area (Å²) in [5, 5.41) is 12.8. The number of hydrogen-bond donors (Lipinski definition) is 2. The van der Waals surface area contributed by atoms with Gasteiger partial charge in [-0.2, -0.15) is 13.2 Å². The van der Waals surface area contributed by atoms with Gasteiger partial charge in [-0.05, 0) is 42.3 Å². The Morgan fingerprint density at radius 2 is 1.80 bits per heavy atom. The largest absolute Gasteiger partial charge is 0.446 e. The molecule has 1 saturated carbocycles. The fourth-order valence-corrected chi connectivity index (χ4v) is 3.07. The zero-order valence-electron chi connectivity index (χ0n) is 11.0. The summed E-state index contributed by atoms with van der Waals surface area (Å²) in [5.41, 5.74) is -3.44. The molecule has 0 heterocycles. The normalized spacial score (nSPS) is 18.4. The molecule has 2 rings (SSSR count). The van der Waals surface area contributed by atoms with Crippen LogP contribution in [-0.4, -0.2) is 23.3 Å². The van der Waals surface area contributed by atoms with Crippen LogP contribution in [-0.2, 0) is 0 Å². The van der Waals surface area contributed by atoms with E-state index in [4.69, 9.17) is 0 Å². The van der Waals surface area contributed by atoms with Crippen molar-refractivity contribution in [1.82, 2.24) is 5.32 Å². The lowest BCUT2D eigenvalue weighted by molar-refractivity contribution is -0.0328. The Labute approximate surface area is 120 Å². The molecular weight excluding hydrogens is 287 g/mol. The number of nitrogens with one attached hydrogen (secondary N) is 1. The Bertz CT molecular complexity index is 415. The molecule has 112 valence electrons. The van der Waals surface area contributed by atoms with Crippen LogP contribution in [0.2, 0.25) is 0 Å². The van der Waals surface area contributed by atoms with E-state index in [-0.39, 0.29) is 29.3 Å². The van der Waals surface area contributed by atoms with Gasteiger partial charge in [-0.25, -0.2) is 0 Å². The van der Waals surface area contributed by atoms with Gasteiger partial charge >= 0.3 is 5.51 Å². The van der Waals surface area contributed by atoms with E-state index in [9.17, 15) is 18.3 Å². The highest BCUT2D eigenvalue weighted by Crippen LogP contribution is 2.37. The standard InChI is InChI=1S/C14H18F3NOS/c15-14(16,17)20-12-7-5-10(6-8-12)13(9-19)18-11-3-1-2-4-11/h5-8,11,13,18-19H,1-4,9H2. The van der Waals surface area contributed by atoms with Gasteiger partial charge in [0.25, 0.3) is 0 Å². The van der Waals surface area contributed by atoms with Gasteiger partial charge in [-0.3, -0.25) is 0 Å². The van der Waals surface area contributed by atoms with Crippen LogP contribution in [0.3, 0.4) is 0 Å². The lowest BCUT2D eigenvalue weighted by Gasteiger charge is -2.21. The van der Waals surface area contributed by atoms with Crippen molar-refractivity contribution in [2.24, 2.45) is 0 Å². The molecule has 1 aliphatic rings. The average molecular weight is 305 g/mol. The number of alkyl halides is 3. The third-order valence-electron chi connectivity index (χ3n) is 3.49. The summed E-state index contributed by atoms with van der Waals surface area (Å²) >= 11 is -0.121. The molecule has 0 aromatic heterocycles. The first-order chi connectivity index (χ1) is 9.48. The van der Waals surface area contributed by atoms with E-state index in [0.717, 1.165) is 18.4 Å². The fraction of sp³-hybridized carbons (Fsp3) is 0.571. The first kappa shape index (κ1) is 15.7. The van der Waals surface area contributed by atoms with Gasteiger partial charge in [0.05, 0.1) is 12.6 Å². The number of hydrogen-bond acceptors (Lipinski definition) is 3. The maximum atomic E-state index is 12.2. The number of aliphatic hydroxyl groups is 1. The molecule has 20 heavy (non-hydrogen) atoms. The van der Waals surface area contributed by atoms with Gasteiger partial charge in [0, 0.05) is 10.9 Å². The molecule has 2 nitrogen and oxygen atoms in total. The second-order valence-electron chi connectivity index (χ2n) is 5.00. The van der Waals surface area contributed by atoms with Crippen LogP contribution < -0.4 is 5.32 Å². The van der Waals surface area contributed by atoms with Crippen molar-refractivity contribution in [2.45, 2.75) is 48.2 Å². The molecule has 1 aromatic rings. The van der Waals surface area contributed by atoms with Crippen molar-refractivity contribution in [1.29, 1.82) is 0 Å². The van der Waals surface area contributed by atoms with Crippen LogP contribution in [0.4, 0.5) is 13.2 Å². The van der Waals surface area contributed by atoms with Crippen LogP contribution in [0, 0.1) is 0 Å². The molecule has 1 fully saturated rings. The first-order valence-corrected chi connectivity index (χ1v) is 7.52. The van der Waals surface area contributed by atoms with Gasteiger partial charge < -0.3 is 10.4 Å². The predicted octanol–water partition coefficient (Wildman–Crippen LogP) is 3.86. The zero-order valence-corrected chi connectivity index (χ0v) is 11.8. The van der Waals surface area contributed by atoms with Gasteiger partial charge in [0.1, 0.15) is 0 Å². The molecule has 0 spiro atoms. The second kappa shape index (κ2) is 6.83. The smallest absolute Gasteiger partial charge is 0.394 e. The molecule has 2 N–H and O–H groups in total. The van der Waals surface area contributed by atoms with E-state index >= 15 is 0 Å². The van der Waals surface area contributed by atoms with E-state index in [2.05, 4.69) is 5.32 Å². The van der Waals surface area contributed by atoms with Gasteiger partial charge in [-0.1, -0.05) is 25.0 Å². The minimum absolute atomic E-state index is 0.0533. The minimum atomic E-state index is -4.26. The monoisotopic (exact) mass is 305 g/mol. The third kappa shape index (κ3) is 4.68. The van der Waals surface area contributed by atoms with Crippen molar-refractivity contribution >= 4 is 11.8 Å². The van der Waals surface area contributed by atoms with Crippen LogP contribution in [0.15, 0.2) is 29.2 Å². The van der Waals surface area contributed by atoms with Gasteiger partial charge in [0.2, 0.25) is 0 Å². The Balaban J connectivity index is 1.99. The maximum Gasteiger partial charge on any atom is 0.446 e. The minimum Gasteiger partial charge on any atom is -0.394 e. The number of thioether (sulfide) groups is 1. The Hall–Kier alpha value is -0.720. The van der Waals surface area contributed by atoms with Crippen LogP contribution in [0.5, 0.6) is 0 Å². The Morgan fingerprint density at radius 3 is 2.30 bits per heavy atom. The van der Waals surface area contributed by atoms with E-state index in [1.165, 1.54) is 25.0 Å². The Kier molecular flexibility index (Phi) is 5.35. The van der Waals surface area contributed by atoms with E-state index < -0.39 is 5.51 Å². The lowest BCUT2D eigenvalue weighted by atomic mass is 10.1. The number of benzene rings is 1. The molecule has 0 radical (unpaired) electrons. The molecule has 0 amide bonds. The Morgan fingerprint density at radius 1 is 1.20 bits per heavy atom. The summed E-state index contributed by atoms with van der Waals surface area (Å²) in [6.07, 6.45) is 4.57. The molecule has 1 aliphatic carbocycles. The van der Waals surface area contributed by atoms with Crippen molar-refractivity contribution in [3.63, 3.8) is 0 Å². The van der Waals surface area contributed by atoms with Crippen molar-refractivity contribution in [2.75, 3.05) is 6.61 Å². The third-order valence-corrected chi connectivity index (χ3v) is 4.23. The van der Waals surface area contributed by atoms with E-state index in [1.54, 1.807) is 12.1 Å².